The zero-order valence-corrected chi connectivity index (χ0v) is 16.8. The molecule has 0 aliphatic carbocycles. The molecule has 0 amide bonds. The fourth-order valence-electron chi connectivity index (χ4n) is 1.48. The molecule has 0 bridgehead atoms. The first-order valence-corrected chi connectivity index (χ1v) is 9.35. The fourth-order valence-corrected chi connectivity index (χ4v) is 1.48. The van der Waals surface area contributed by atoms with Crippen molar-refractivity contribution in [3.8, 4) is 0 Å². The van der Waals surface area contributed by atoms with E-state index >= 15 is 0 Å². The molecule has 10 nitrogen and oxygen atoms in total. The molecule has 0 aromatic carbocycles. The van der Waals surface area contributed by atoms with Gasteiger partial charge in [0.2, 0.25) is 0 Å². The number of hydrogen-bond acceptors (Lipinski definition) is 9. The molecule has 0 saturated carbocycles. The molecule has 28 heavy (non-hydrogen) atoms. The summed E-state index contributed by atoms with van der Waals surface area (Å²) in [5, 5.41) is 76.2. The van der Waals surface area contributed by atoms with Gasteiger partial charge in [-0.25, -0.2) is 0 Å². The summed E-state index contributed by atoms with van der Waals surface area (Å²) < 4.78 is 0. The molecule has 0 heterocycles. The maximum Gasteiger partial charge on any atom is 0.303 e. The Morgan fingerprint density at radius 1 is 0.571 bits per heavy atom. The van der Waals surface area contributed by atoms with Crippen LogP contribution < -0.4 is 0 Å². The Balaban J connectivity index is -0.000000336. The van der Waals surface area contributed by atoms with Crippen LogP contribution >= 0.6 is 0 Å². The Morgan fingerprint density at radius 3 is 1.04 bits per heavy atom. The molecule has 0 aliphatic rings. The van der Waals surface area contributed by atoms with Crippen LogP contribution in [0.2, 0.25) is 0 Å². The summed E-state index contributed by atoms with van der Waals surface area (Å²) in [6.45, 7) is -1.10. The highest BCUT2D eigenvalue weighted by atomic mass is 16.4. The van der Waals surface area contributed by atoms with Crippen LogP contribution in [-0.2, 0) is 4.79 Å². The fraction of sp³-hybridized carbons (Fsp3) is 0.944. The van der Waals surface area contributed by atoms with Gasteiger partial charge in [-0.3, -0.25) is 4.79 Å². The Morgan fingerprint density at radius 2 is 0.857 bits per heavy atom. The minimum Gasteiger partial charge on any atom is -0.481 e. The molecule has 0 radical (unpaired) electrons. The monoisotopic (exact) mass is 416 g/mol. The summed E-state index contributed by atoms with van der Waals surface area (Å²) in [6, 6.07) is 0. The second-order valence-corrected chi connectivity index (χ2v) is 6.82. The van der Waals surface area contributed by atoms with Crippen LogP contribution in [0.4, 0.5) is 0 Å². The van der Waals surface area contributed by atoms with E-state index in [0.29, 0.717) is 6.42 Å². The van der Waals surface area contributed by atoms with Gasteiger partial charge in [0.1, 0.15) is 0 Å². The molecule has 0 saturated heterocycles. The zero-order valence-electron chi connectivity index (χ0n) is 16.8. The molecule has 10 heteroatoms. The van der Waals surface area contributed by atoms with Crippen LogP contribution in [0, 0.1) is 10.8 Å². The minimum atomic E-state index is -1.11. The molecular formula is C18H40O10. The Bertz CT molecular complexity index is 275. The number of aliphatic hydroxyl groups excluding tert-OH is 8. The van der Waals surface area contributed by atoms with E-state index in [9.17, 15) is 4.79 Å². The van der Waals surface area contributed by atoms with Crippen LogP contribution in [0.25, 0.3) is 0 Å². The van der Waals surface area contributed by atoms with Gasteiger partial charge in [0, 0.05) is 6.42 Å². The number of rotatable bonds is 14. The van der Waals surface area contributed by atoms with Gasteiger partial charge in [-0.15, -0.1) is 0 Å². The van der Waals surface area contributed by atoms with Crippen molar-refractivity contribution in [1.29, 1.82) is 0 Å². The van der Waals surface area contributed by atoms with Crippen molar-refractivity contribution in [2.75, 3.05) is 52.9 Å². The third kappa shape index (κ3) is 16.1. The van der Waals surface area contributed by atoms with E-state index in [-0.39, 0.29) is 0 Å². The lowest BCUT2D eigenvalue weighted by molar-refractivity contribution is -0.137. The standard InChI is InChI=1S/C8H16O2.2C5H12O4/c1-2-3-4-5-6-7-8(9)10;2*6-1-5(2-7,3-8)4-9/h2-7H2,1H3,(H,9,10);2*6-9H,1-4H2. The van der Waals surface area contributed by atoms with Gasteiger partial charge < -0.3 is 46.0 Å². The molecule has 0 aromatic heterocycles. The van der Waals surface area contributed by atoms with Crippen molar-refractivity contribution in [1.82, 2.24) is 0 Å². The lowest BCUT2D eigenvalue weighted by atomic mass is 9.93. The zero-order chi connectivity index (χ0) is 22.5. The van der Waals surface area contributed by atoms with Crippen molar-refractivity contribution >= 4 is 5.97 Å². The highest BCUT2D eigenvalue weighted by Crippen LogP contribution is 2.12. The summed E-state index contributed by atoms with van der Waals surface area (Å²) in [6.07, 6.45) is 5.88. The lowest BCUT2D eigenvalue weighted by Crippen LogP contribution is -2.37. The molecular weight excluding hydrogens is 376 g/mol. The van der Waals surface area contributed by atoms with Crippen molar-refractivity contribution < 1.29 is 50.8 Å². The predicted octanol–water partition coefficient (Wildman–Crippen LogP) is -1.68. The Labute approximate surface area is 166 Å². The van der Waals surface area contributed by atoms with E-state index < -0.39 is 69.7 Å². The van der Waals surface area contributed by atoms with Crippen LogP contribution in [-0.4, -0.2) is 105 Å². The molecule has 0 rings (SSSR count). The number of carboxylic acid groups (broad SMARTS) is 1. The summed E-state index contributed by atoms with van der Waals surface area (Å²) >= 11 is 0. The van der Waals surface area contributed by atoms with Gasteiger partial charge in [-0.1, -0.05) is 32.6 Å². The topological polar surface area (TPSA) is 199 Å². The summed E-state index contributed by atoms with van der Waals surface area (Å²) in [5.74, 6) is -0.670. The number of hydrogen-bond donors (Lipinski definition) is 9. The highest BCUT2D eigenvalue weighted by molar-refractivity contribution is 5.66. The number of aliphatic hydroxyl groups is 8. The maximum absolute atomic E-state index is 10.0. The van der Waals surface area contributed by atoms with E-state index in [1.165, 1.54) is 19.3 Å². The summed E-state index contributed by atoms with van der Waals surface area (Å²) in [4.78, 5) is 10.0. The summed E-state index contributed by atoms with van der Waals surface area (Å²) in [7, 11) is 0. The van der Waals surface area contributed by atoms with Gasteiger partial charge in [-0.05, 0) is 6.42 Å². The quantitative estimate of drug-likeness (QED) is 0.147. The third-order valence-electron chi connectivity index (χ3n) is 4.18. The molecule has 0 aliphatic heterocycles. The van der Waals surface area contributed by atoms with E-state index in [1.54, 1.807) is 0 Å². The normalized spacial score (nSPS) is 11.2. The first-order chi connectivity index (χ1) is 13.3. The molecule has 172 valence electrons. The largest absolute Gasteiger partial charge is 0.481 e. The van der Waals surface area contributed by atoms with Gasteiger partial charge in [0.05, 0.1) is 63.7 Å². The first-order valence-electron chi connectivity index (χ1n) is 9.35. The summed E-state index contributed by atoms with van der Waals surface area (Å²) in [5.41, 5.74) is -2.22. The van der Waals surface area contributed by atoms with Crippen molar-refractivity contribution in [3.05, 3.63) is 0 Å². The highest BCUT2D eigenvalue weighted by Gasteiger charge is 2.27. The minimum absolute atomic E-state index is 0.337. The predicted molar refractivity (Wildman–Crippen MR) is 103 cm³/mol. The smallest absolute Gasteiger partial charge is 0.303 e. The molecule has 0 atom stereocenters. The number of unbranched alkanes of at least 4 members (excludes halogenated alkanes) is 4. The second-order valence-electron chi connectivity index (χ2n) is 6.82. The van der Waals surface area contributed by atoms with E-state index in [0.717, 1.165) is 12.8 Å². The Hall–Kier alpha value is -0.850. The van der Waals surface area contributed by atoms with Crippen LogP contribution in [0.5, 0.6) is 0 Å². The average Bonchev–Trinajstić information content (AvgIpc) is 2.73. The Kier molecular flexibility index (Phi) is 23.7. The molecule has 0 aromatic rings. The SMILES string of the molecule is CCCCCCCC(=O)O.OCC(CO)(CO)CO.OCC(CO)(CO)CO. The maximum atomic E-state index is 10.0. The molecule has 9 N–H and O–H groups in total. The van der Waals surface area contributed by atoms with Gasteiger partial charge in [0.25, 0.3) is 0 Å². The number of carboxylic acids is 1. The van der Waals surface area contributed by atoms with E-state index in [2.05, 4.69) is 6.92 Å². The molecule has 0 spiro atoms. The van der Waals surface area contributed by atoms with Crippen molar-refractivity contribution in [2.24, 2.45) is 10.8 Å². The van der Waals surface area contributed by atoms with E-state index in [1.807, 2.05) is 0 Å². The lowest BCUT2D eigenvalue weighted by Gasteiger charge is -2.23. The number of aliphatic carboxylic acids is 1. The number of carbonyl (C=O) groups is 1. The van der Waals surface area contributed by atoms with E-state index in [4.69, 9.17) is 46.0 Å². The molecule has 0 fully saturated rings. The molecule has 0 unspecified atom stereocenters. The second kappa shape index (κ2) is 20.9. The van der Waals surface area contributed by atoms with Crippen LogP contribution in [0.3, 0.4) is 0 Å². The van der Waals surface area contributed by atoms with Gasteiger partial charge in [0.15, 0.2) is 0 Å². The van der Waals surface area contributed by atoms with Gasteiger partial charge in [-0.2, -0.15) is 0 Å². The third-order valence-corrected chi connectivity index (χ3v) is 4.18. The first kappa shape index (κ1) is 31.8. The van der Waals surface area contributed by atoms with Gasteiger partial charge >= 0.3 is 5.97 Å². The average molecular weight is 417 g/mol. The van der Waals surface area contributed by atoms with Crippen molar-refractivity contribution in [3.63, 3.8) is 0 Å². The van der Waals surface area contributed by atoms with Crippen LogP contribution in [0.15, 0.2) is 0 Å². The van der Waals surface area contributed by atoms with Crippen LogP contribution in [0.1, 0.15) is 45.4 Å². The van der Waals surface area contributed by atoms with Crippen molar-refractivity contribution in [2.45, 2.75) is 45.4 Å².